The van der Waals surface area contributed by atoms with E-state index in [1.54, 1.807) is 0 Å². The molecule has 0 saturated heterocycles. The Balaban J connectivity index is 2.18. The maximum atomic E-state index is 13.2. The SMILES string of the molecule is O=C(Oc1ccc(F)cc1F)c1ccc(F)cc1. The van der Waals surface area contributed by atoms with Crippen molar-refractivity contribution in [2.24, 2.45) is 0 Å². The minimum Gasteiger partial charge on any atom is -0.420 e. The molecular weight excluding hydrogens is 245 g/mol. The van der Waals surface area contributed by atoms with Crippen molar-refractivity contribution in [2.45, 2.75) is 0 Å². The molecule has 0 saturated carbocycles. The fourth-order valence-corrected chi connectivity index (χ4v) is 1.30. The van der Waals surface area contributed by atoms with Gasteiger partial charge < -0.3 is 4.74 Å². The molecule has 0 radical (unpaired) electrons. The molecule has 18 heavy (non-hydrogen) atoms. The molecule has 0 aliphatic heterocycles. The normalized spacial score (nSPS) is 10.2. The van der Waals surface area contributed by atoms with E-state index in [1.165, 1.54) is 12.1 Å². The molecule has 0 spiro atoms. The molecule has 2 aromatic rings. The van der Waals surface area contributed by atoms with Crippen molar-refractivity contribution in [3.63, 3.8) is 0 Å². The zero-order valence-corrected chi connectivity index (χ0v) is 8.99. The summed E-state index contributed by atoms with van der Waals surface area (Å²) in [4.78, 5) is 11.6. The van der Waals surface area contributed by atoms with E-state index >= 15 is 0 Å². The lowest BCUT2D eigenvalue weighted by Gasteiger charge is -2.05. The summed E-state index contributed by atoms with van der Waals surface area (Å²) in [5.41, 5.74) is 0.0696. The molecule has 0 unspecified atom stereocenters. The first-order valence-corrected chi connectivity index (χ1v) is 4.99. The summed E-state index contributed by atoms with van der Waals surface area (Å²) in [6.07, 6.45) is 0. The van der Waals surface area contributed by atoms with Gasteiger partial charge in [0.2, 0.25) is 0 Å². The van der Waals surface area contributed by atoms with Gasteiger partial charge in [0.15, 0.2) is 11.6 Å². The highest BCUT2D eigenvalue weighted by atomic mass is 19.1. The van der Waals surface area contributed by atoms with Crippen LogP contribution in [0.25, 0.3) is 0 Å². The largest absolute Gasteiger partial charge is 0.420 e. The van der Waals surface area contributed by atoms with Crippen LogP contribution in [0.4, 0.5) is 13.2 Å². The summed E-state index contributed by atoms with van der Waals surface area (Å²) < 4.78 is 43.2. The second-order valence-corrected chi connectivity index (χ2v) is 3.47. The lowest BCUT2D eigenvalue weighted by atomic mass is 10.2. The molecule has 0 amide bonds. The maximum Gasteiger partial charge on any atom is 0.343 e. The number of benzene rings is 2. The Kier molecular flexibility index (Phi) is 3.32. The Morgan fingerprint density at radius 1 is 0.889 bits per heavy atom. The number of carbonyl (C=O) groups is 1. The molecule has 0 aliphatic rings. The van der Waals surface area contributed by atoms with Gasteiger partial charge in [-0.3, -0.25) is 0 Å². The Morgan fingerprint density at radius 3 is 2.11 bits per heavy atom. The van der Waals surface area contributed by atoms with Crippen LogP contribution in [0.5, 0.6) is 5.75 Å². The van der Waals surface area contributed by atoms with Crippen molar-refractivity contribution in [3.05, 3.63) is 65.5 Å². The summed E-state index contributed by atoms with van der Waals surface area (Å²) in [6, 6.07) is 7.16. The van der Waals surface area contributed by atoms with Crippen molar-refractivity contribution in [1.29, 1.82) is 0 Å². The summed E-state index contributed by atoms with van der Waals surface area (Å²) in [6.45, 7) is 0. The molecule has 5 heteroatoms. The van der Waals surface area contributed by atoms with Crippen molar-refractivity contribution >= 4 is 5.97 Å². The predicted octanol–water partition coefficient (Wildman–Crippen LogP) is 3.32. The van der Waals surface area contributed by atoms with Crippen LogP contribution in [0.3, 0.4) is 0 Å². The van der Waals surface area contributed by atoms with Crippen molar-refractivity contribution < 1.29 is 22.7 Å². The Labute approximate surface area is 101 Å². The van der Waals surface area contributed by atoms with E-state index in [1.807, 2.05) is 0 Å². The zero-order valence-electron chi connectivity index (χ0n) is 8.99. The minimum atomic E-state index is -0.981. The van der Waals surface area contributed by atoms with Gasteiger partial charge in [-0.25, -0.2) is 18.0 Å². The van der Waals surface area contributed by atoms with E-state index < -0.39 is 23.4 Å². The Morgan fingerprint density at radius 2 is 1.50 bits per heavy atom. The number of hydrogen-bond donors (Lipinski definition) is 0. The number of rotatable bonds is 2. The van der Waals surface area contributed by atoms with Crippen LogP contribution in [-0.2, 0) is 0 Å². The fraction of sp³-hybridized carbons (Fsp3) is 0. The first-order chi connectivity index (χ1) is 8.56. The standard InChI is InChI=1S/C13H7F3O2/c14-9-3-1-8(2-4-9)13(17)18-12-6-5-10(15)7-11(12)16/h1-7H. The summed E-state index contributed by atoms with van der Waals surface area (Å²) in [5, 5.41) is 0. The average Bonchev–Trinajstić information content (AvgIpc) is 2.33. The van der Waals surface area contributed by atoms with Crippen LogP contribution in [0.2, 0.25) is 0 Å². The van der Waals surface area contributed by atoms with E-state index in [4.69, 9.17) is 4.74 Å². The van der Waals surface area contributed by atoms with Gasteiger partial charge >= 0.3 is 5.97 Å². The summed E-state index contributed by atoms with van der Waals surface area (Å²) in [5.74, 6) is -3.48. The molecule has 2 rings (SSSR count). The molecule has 0 atom stereocenters. The van der Waals surface area contributed by atoms with Crippen LogP contribution in [0.15, 0.2) is 42.5 Å². The number of ether oxygens (including phenoxy) is 1. The zero-order chi connectivity index (χ0) is 13.1. The molecule has 0 bridgehead atoms. The lowest BCUT2D eigenvalue weighted by Crippen LogP contribution is -2.09. The Hall–Kier alpha value is -2.30. The summed E-state index contributed by atoms with van der Waals surface area (Å²) in [7, 11) is 0. The molecular formula is C13H7F3O2. The third-order valence-corrected chi connectivity index (χ3v) is 2.18. The molecule has 0 aromatic heterocycles. The van der Waals surface area contributed by atoms with Crippen LogP contribution in [0.1, 0.15) is 10.4 Å². The minimum absolute atomic E-state index is 0.0696. The van der Waals surface area contributed by atoms with Gasteiger partial charge in [-0.15, -0.1) is 0 Å². The van der Waals surface area contributed by atoms with E-state index in [0.29, 0.717) is 6.07 Å². The van der Waals surface area contributed by atoms with Crippen LogP contribution >= 0.6 is 0 Å². The topological polar surface area (TPSA) is 26.3 Å². The van der Waals surface area contributed by atoms with Gasteiger partial charge in [-0.2, -0.15) is 0 Å². The summed E-state index contributed by atoms with van der Waals surface area (Å²) >= 11 is 0. The first kappa shape index (κ1) is 12.2. The molecule has 2 aromatic carbocycles. The van der Waals surface area contributed by atoms with Gasteiger partial charge in [0, 0.05) is 6.07 Å². The van der Waals surface area contributed by atoms with Crippen molar-refractivity contribution in [3.8, 4) is 5.75 Å². The predicted molar refractivity (Wildman–Crippen MR) is 57.7 cm³/mol. The quantitative estimate of drug-likeness (QED) is 0.605. The third kappa shape index (κ3) is 2.68. The number of hydrogen-bond acceptors (Lipinski definition) is 2. The highest BCUT2D eigenvalue weighted by Crippen LogP contribution is 2.19. The number of carbonyl (C=O) groups excluding carboxylic acids is 1. The van der Waals surface area contributed by atoms with Crippen molar-refractivity contribution in [1.82, 2.24) is 0 Å². The molecule has 92 valence electrons. The smallest absolute Gasteiger partial charge is 0.343 e. The lowest BCUT2D eigenvalue weighted by molar-refractivity contribution is 0.0727. The van der Waals surface area contributed by atoms with Crippen LogP contribution < -0.4 is 4.74 Å². The van der Waals surface area contributed by atoms with Gasteiger partial charge in [-0.1, -0.05) is 0 Å². The second-order valence-electron chi connectivity index (χ2n) is 3.47. The number of halogens is 3. The van der Waals surface area contributed by atoms with Gasteiger partial charge in [-0.05, 0) is 36.4 Å². The van der Waals surface area contributed by atoms with Gasteiger partial charge in [0.25, 0.3) is 0 Å². The molecule has 2 nitrogen and oxygen atoms in total. The highest BCUT2D eigenvalue weighted by molar-refractivity contribution is 5.90. The van der Waals surface area contributed by atoms with E-state index in [-0.39, 0.29) is 11.3 Å². The van der Waals surface area contributed by atoms with Gasteiger partial charge in [0.1, 0.15) is 11.6 Å². The van der Waals surface area contributed by atoms with E-state index in [2.05, 4.69) is 0 Å². The maximum absolute atomic E-state index is 13.2. The monoisotopic (exact) mass is 252 g/mol. The van der Waals surface area contributed by atoms with Crippen molar-refractivity contribution in [2.75, 3.05) is 0 Å². The van der Waals surface area contributed by atoms with Crippen LogP contribution in [0, 0.1) is 17.5 Å². The second kappa shape index (κ2) is 4.91. The van der Waals surface area contributed by atoms with E-state index in [9.17, 15) is 18.0 Å². The first-order valence-electron chi connectivity index (χ1n) is 4.99. The molecule has 0 heterocycles. The highest BCUT2D eigenvalue weighted by Gasteiger charge is 2.12. The van der Waals surface area contributed by atoms with Gasteiger partial charge in [0.05, 0.1) is 5.56 Å². The fourth-order valence-electron chi connectivity index (χ4n) is 1.30. The molecule has 0 N–H and O–H groups in total. The number of esters is 1. The third-order valence-electron chi connectivity index (χ3n) is 2.18. The average molecular weight is 252 g/mol. The van der Waals surface area contributed by atoms with E-state index in [0.717, 1.165) is 24.3 Å². The molecule has 0 aliphatic carbocycles. The molecule has 0 fully saturated rings. The Bertz CT molecular complexity index is 579. The van der Waals surface area contributed by atoms with Crippen LogP contribution in [-0.4, -0.2) is 5.97 Å².